The van der Waals surface area contributed by atoms with E-state index in [9.17, 15) is 5.11 Å². The molecule has 0 aliphatic rings. The van der Waals surface area contributed by atoms with Crippen LogP contribution in [0.25, 0.3) is 0 Å². The maximum atomic E-state index is 9.64. The molecule has 92 valence electrons. The van der Waals surface area contributed by atoms with Crippen LogP contribution >= 0.6 is 0 Å². The van der Waals surface area contributed by atoms with Gasteiger partial charge < -0.3 is 10.2 Å². The van der Waals surface area contributed by atoms with E-state index in [1.807, 2.05) is 13.0 Å². The molecule has 0 amide bonds. The Morgan fingerprint density at radius 2 is 1.88 bits per heavy atom. The van der Waals surface area contributed by atoms with E-state index in [1.165, 1.54) is 0 Å². The Balaban J connectivity index is 3.60. The molecule has 1 atom stereocenters. The lowest BCUT2D eigenvalue weighted by molar-refractivity contribution is 0.103. The maximum Gasteiger partial charge on any atom is 0.0800 e. The average Bonchev–Trinajstić information content (AvgIpc) is 2.27. The predicted molar refractivity (Wildman–Crippen MR) is 69.3 cm³/mol. The molecule has 0 aromatic carbocycles. The van der Waals surface area contributed by atoms with Crippen LogP contribution in [0.5, 0.6) is 0 Å². The number of rotatable bonds is 8. The number of aliphatic hydroxyl groups is 2. The lowest BCUT2D eigenvalue weighted by Gasteiger charge is -2.16. The van der Waals surface area contributed by atoms with E-state index < -0.39 is 5.60 Å². The van der Waals surface area contributed by atoms with Gasteiger partial charge >= 0.3 is 0 Å². The first-order valence-electron chi connectivity index (χ1n) is 5.79. The van der Waals surface area contributed by atoms with Gasteiger partial charge in [0.15, 0.2) is 0 Å². The lowest BCUT2D eigenvalue weighted by atomic mass is 10.0. The van der Waals surface area contributed by atoms with Gasteiger partial charge in [-0.3, -0.25) is 0 Å². The van der Waals surface area contributed by atoms with E-state index in [4.69, 9.17) is 5.11 Å². The van der Waals surface area contributed by atoms with E-state index >= 15 is 0 Å². The molecule has 2 N–H and O–H groups in total. The number of hydrogen-bond acceptors (Lipinski definition) is 2. The van der Waals surface area contributed by atoms with Crippen molar-refractivity contribution in [3.8, 4) is 0 Å². The number of hydrogen-bond donors (Lipinski definition) is 2. The minimum absolute atomic E-state index is 0.145. The molecule has 0 unspecified atom stereocenters. The molecule has 0 radical (unpaired) electrons. The molecular weight excluding hydrogens is 200 g/mol. The second-order valence-corrected chi connectivity index (χ2v) is 4.36. The fourth-order valence-corrected chi connectivity index (χ4v) is 1.20. The van der Waals surface area contributed by atoms with Crippen molar-refractivity contribution in [2.75, 3.05) is 6.61 Å². The second kappa shape index (κ2) is 8.31. The quantitative estimate of drug-likeness (QED) is 0.491. The summed E-state index contributed by atoms with van der Waals surface area (Å²) in [7, 11) is 0. The van der Waals surface area contributed by atoms with Crippen LogP contribution in [0.15, 0.2) is 36.5 Å². The Labute approximate surface area is 99.0 Å². The van der Waals surface area contributed by atoms with Crippen molar-refractivity contribution < 1.29 is 10.2 Å². The van der Waals surface area contributed by atoms with Crippen molar-refractivity contribution in [3.05, 3.63) is 36.5 Å². The van der Waals surface area contributed by atoms with E-state index in [1.54, 1.807) is 13.0 Å². The van der Waals surface area contributed by atoms with Gasteiger partial charge in [0.2, 0.25) is 0 Å². The second-order valence-electron chi connectivity index (χ2n) is 4.36. The molecule has 0 aromatic heterocycles. The first-order chi connectivity index (χ1) is 7.52. The molecule has 16 heavy (non-hydrogen) atoms. The Morgan fingerprint density at radius 3 is 2.44 bits per heavy atom. The molecule has 0 aliphatic carbocycles. The SMILES string of the molecule is C=C[C@@](C)(O)CC/C=C/CC/C=C(/C)CO. The van der Waals surface area contributed by atoms with Gasteiger partial charge in [-0.2, -0.15) is 0 Å². The highest BCUT2D eigenvalue weighted by Crippen LogP contribution is 2.13. The molecule has 0 saturated carbocycles. The summed E-state index contributed by atoms with van der Waals surface area (Å²) in [5.41, 5.74) is 0.264. The van der Waals surface area contributed by atoms with Crippen LogP contribution in [0.4, 0.5) is 0 Å². The van der Waals surface area contributed by atoms with E-state index in [0.717, 1.165) is 24.8 Å². The topological polar surface area (TPSA) is 40.5 Å². The van der Waals surface area contributed by atoms with Gasteiger partial charge in [-0.05, 0) is 39.5 Å². The molecule has 2 heteroatoms. The molecule has 0 aliphatic heterocycles. The zero-order valence-corrected chi connectivity index (χ0v) is 10.4. The van der Waals surface area contributed by atoms with E-state index in [-0.39, 0.29) is 6.61 Å². The van der Waals surface area contributed by atoms with Crippen LogP contribution in [0.2, 0.25) is 0 Å². The first-order valence-corrected chi connectivity index (χ1v) is 5.79. The normalized spacial score (nSPS) is 16.4. The van der Waals surface area contributed by atoms with Gasteiger partial charge in [-0.1, -0.05) is 29.9 Å². The molecule has 0 heterocycles. The molecule has 0 bridgehead atoms. The third-order valence-corrected chi connectivity index (χ3v) is 2.50. The zero-order chi connectivity index (χ0) is 12.4. The number of unbranched alkanes of at least 4 members (excludes halogenated alkanes) is 1. The first kappa shape index (κ1) is 15.1. The van der Waals surface area contributed by atoms with Gasteiger partial charge in [0.1, 0.15) is 0 Å². The summed E-state index contributed by atoms with van der Waals surface area (Å²) in [4.78, 5) is 0. The standard InChI is InChI=1S/C14H24O2/c1-4-14(3,16)11-9-7-5-6-8-10-13(2)12-15/h4-5,7,10,15-16H,1,6,8-9,11-12H2,2-3H3/b7-5+,13-10-/t14-/m1/s1. The minimum Gasteiger partial charge on any atom is -0.392 e. The van der Waals surface area contributed by atoms with Crippen LogP contribution < -0.4 is 0 Å². The van der Waals surface area contributed by atoms with E-state index in [2.05, 4.69) is 18.7 Å². The summed E-state index contributed by atoms with van der Waals surface area (Å²) >= 11 is 0. The lowest BCUT2D eigenvalue weighted by Crippen LogP contribution is -2.19. The molecule has 0 fully saturated rings. The molecule has 0 saturated heterocycles. The van der Waals surface area contributed by atoms with Crippen LogP contribution in [0.1, 0.15) is 39.5 Å². The highest BCUT2D eigenvalue weighted by Gasteiger charge is 2.12. The van der Waals surface area contributed by atoms with Crippen molar-refractivity contribution in [1.82, 2.24) is 0 Å². The Bertz CT molecular complexity index is 249. The van der Waals surface area contributed by atoms with E-state index in [0.29, 0.717) is 6.42 Å². The molecule has 2 nitrogen and oxygen atoms in total. The van der Waals surface area contributed by atoms with Crippen LogP contribution in [0, 0.1) is 0 Å². The summed E-state index contributed by atoms with van der Waals surface area (Å²) in [6, 6.07) is 0. The summed E-state index contributed by atoms with van der Waals surface area (Å²) < 4.78 is 0. The molecular formula is C14H24O2. The van der Waals surface area contributed by atoms with Crippen molar-refractivity contribution in [3.63, 3.8) is 0 Å². The predicted octanol–water partition coefficient (Wildman–Crippen LogP) is 2.98. The Hall–Kier alpha value is -0.860. The minimum atomic E-state index is -0.752. The largest absolute Gasteiger partial charge is 0.392 e. The summed E-state index contributed by atoms with van der Waals surface area (Å²) in [6.07, 6.45) is 11.3. The molecule has 0 rings (SSSR count). The third kappa shape index (κ3) is 8.45. The van der Waals surface area contributed by atoms with Crippen molar-refractivity contribution >= 4 is 0 Å². The Kier molecular flexibility index (Phi) is 7.86. The van der Waals surface area contributed by atoms with Crippen LogP contribution in [-0.4, -0.2) is 22.4 Å². The van der Waals surface area contributed by atoms with Crippen molar-refractivity contribution in [2.45, 2.75) is 45.1 Å². The van der Waals surface area contributed by atoms with Crippen LogP contribution in [-0.2, 0) is 0 Å². The summed E-state index contributed by atoms with van der Waals surface area (Å²) in [6.45, 7) is 7.42. The molecule has 0 aromatic rings. The monoisotopic (exact) mass is 224 g/mol. The number of allylic oxidation sites excluding steroid dienone is 3. The fourth-order valence-electron chi connectivity index (χ4n) is 1.20. The molecule has 0 spiro atoms. The summed E-state index contributed by atoms with van der Waals surface area (Å²) in [5, 5.41) is 18.4. The summed E-state index contributed by atoms with van der Waals surface area (Å²) in [5.74, 6) is 0. The highest BCUT2D eigenvalue weighted by molar-refractivity contribution is 4.99. The zero-order valence-electron chi connectivity index (χ0n) is 10.4. The third-order valence-electron chi connectivity index (χ3n) is 2.50. The van der Waals surface area contributed by atoms with Gasteiger partial charge in [0, 0.05) is 0 Å². The van der Waals surface area contributed by atoms with Crippen molar-refractivity contribution in [1.29, 1.82) is 0 Å². The van der Waals surface area contributed by atoms with Gasteiger partial charge in [-0.15, -0.1) is 6.58 Å². The Morgan fingerprint density at radius 1 is 1.25 bits per heavy atom. The smallest absolute Gasteiger partial charge is 0.0800 e. The number of aliphatic hydroxyl groups excluding tert-OH is 1. The fraction of sp³-hybridized carbons (Fsp3) is 0.571. The maximum absolute atomic E-state index is 9.64. The van der Waals surface area contributed by atoms with Gasteiger partial charge in [-0.25, -0.2) is 0 Å². The van der Waals surface area contributed by atoms with Gasteiger partial charge in [0.25, 0.3) is 0 Å². The van der Waals surface area contributed by atoms with Gasteiger partial charge in [0.05, 0.1) is 12.2 Å². The highest BCUT2D eigenvalue weighted by atomic mass is 16.3. The van der Waals surface area contributed by atoms with Crippen LogP contribution in [0.3, 0.4) is 0 Å². The average molecular weight is 224 g/mol. The van der Waals surface area contributed by atoms with Crippen molar-refractivity contribution in [2.24, 2.45) is 0 Å².